The topological polar surface area (TPSA) is 41.6 Å². The molecule has 4 nitrogen and oxygen atoms in total. The SMILES string of the molecule is CC(C)N1CCCC(CNC(=O)C2(c3ccccc3)CCOCC2)C1. The van der Waals surface area contributed by atoms with Crippen LogP contribution in [0, 0.1) is 5.92 Å². The fourth-order valence-electron chi connectivity index (χ4n) is 4.26. The molecule has 2 aliphatic heterocycles. The monoisotopic (exact) mass is 344 g/mol. The van der Waals surface area contributed by atoms with Crippen LogP contribution in [0.15, 0.2) is 30.3 Å². The van der Waals surface area contributed by atoms with E-state index in [1.165, 1.54) is 19.4 Å². The van der Waals surface area contributed by atoms with Crippen LogP contribution >= 0.6 is 0 Å². The van der Waals surface area contributed by atoms with Crippen LogP contribution in [-0.4, -0.2) is 49.7 Å². The number of amides is 1. The molecule has 0 aliphatic carbocycles. The van der Waals surface area contributed by atoms with Crippen LogP contribution in [0.4, 0.5) is 0 Å². The van der Waals surface area contributed by atoms with Crippen molar-refractivity contribution in [3.05, 3.63) is 35.9 Å². The molecule has 0 radical (unpaired) electrons. The molecule has 25 heavy (non-hydrogen) atoms. The van der Waals surface area contributed by atoms with Gasteiger partial charge in [0.2, 0.25) is 5.91 Å². The maximum atomic E-state index is 13.2. The van der Waals surface area contributed by atoms with Gasteiger partial charge in [0.1, 0.15) is 0 Å². The number of benzene rings is 1. The summed E-state index contributed by atoms with van der Waals surface area (Å²) in [5.41, 5.74) is 0.703. The zero-order valence-corrected chi connectivity index (χ0v) is 15.7. The highest BCUT2D eigenvalue weighted by Gasteiger charge is 2.41. The number of nitrogens with one attached hydrogen (secondary N) is 1. The van der Waals surface area contributed by atoms with E-state index in [9.17, 15) is 4.79 Å². The number of carbonyl (C=O) groups is 1. The van der Waals surface area contributed by atoms with Crippen molar-refractivity contribution in [1.29, 1.82) is 0 Å². The molecule has 2 fully saturated rings. The molecule has 0 spiro atoms. The second-order valence-corrected chi connectivity index (χ2v) is 7.87. The minimum absolute atomic E-state index is 0.184. The van der Waals surface area contributed by atoms with E-state index in [0.717, 1.165) is 31.5 Å². The molecule has 4 heteroatoms. The normalized spacial score (nSPS) is 24.2. The van der Waals surface area contributed by atoms with E-state index in [4.69, 9.17) is 4.74 Å². The van der Waals surface area contributed by atoms with Crippen molar-refractivity contribution in [2.45, 2.75) is 51.0 Å². The Morgan fingerprint density at radius 1 is 1.28 bits per heavy atom. The molecule has 2 saturated heterocycles. The Labute approximate surface area is 151 Å². The summed E-state index contributed by atoms with van der Waals surface area (Å²) in [6.07, 6.45) is 3.98. The molecule has 1 aromatic rings. The summed E-state index contributed by atoms with van der Waals surface area (Å²) in [5.74, 6) is 0.747. The molecule has 0 aromatic heterocycles. The van der Waals surface area contributed by atoms with Crippen molar-refractivity contribution in [3.63, 3.8) is 0 Å². The second kappa shape index (κ2) is 8.33. The first kappa shape index (κ1) is 18.4. The third-order valence-corrected chi connectivity index (χ3v) is 5.94. The minimum Gasteiger partial charge on any atom is -0.381 e. The number of nitrogens with zero attached hydrogens (tertiary/aromatic N) is 1. The Morgan fingerprint density at radius 3 is 2.68 bits per heavy atom. The number of likely N-dealkylation sites (tertiary alicyclic amines) is 1. The standard InChI is InChI=1S/C21H32N2O2/c1-17(2)23-12-6-7-18(16-23)15-22-20(24)21(10-13-25-14-11-21)19-8-4-3-5-9-19/h3-5,8-9,17-18H,6-7,10-16H2,1-2H3,(H,22,24). The lowest BCUT2D eigenvalue weighted by Crippen LogP contribution is -2.50. The van der Waals surface area contributed by atoms with Crippen molar-refractivity contribution in [2.75, 3.05) is 32.8 Å². The summed E-state index contributed by atoms with van der Waals surface area (Å²) >= 11 is 0. The molecule has 1 N–H and O–H groups in total. The first-order valence-electron chi connectivity index (χ1n) is 9.77. The molecule has 1 amide bonds. The highest BCUT2D eigenvalue weighted by atomic mass is 16.5. The zero-order valence-electron chi connectivity index (χ0n) is 15.7. The lowest BCUT2D eigenvalue weighted by Gasteiger charge is -2.38. The van der Waals surface area contributed by atoms with E-state index < -0.39 is 5.41 Å². The Kier molecular flexibility index (Phi) is 6.13. The summed E-state index contributed by atoms with van der Waals surface area (Å²) in [6, 6.07) is 10.8. The molecule has 0 bridgehead atoms. The number of piperidine rings is 1. The quantitative estimate of drug-likeness (QED) is 0.893. The molecule has 3 rings (SSSR count). The molecule has 2 heterocycles. The van der Waals surface area contributed by atoms with E-state index in [1.807, 2.05) is 18.2 Å². The lowest BCUT2D eigenvalue weighted by molar-refractivity contribution is -0.130. The van der Waals surface area contributed by atoms with Gasteiger partial charge in [-0.15, -0.1) is 0 Å². The van der Waals surface area contributed by atoms with Crippen molar-refractivity contribution in [2.24, 2.45) is 5.92 Å². The summed E-state index contributed by atoms with van der Waals surface area (Å²) in [5, 5.41) is 3.30. The van der Waals surface area contributed by atoms with Gasteiger partial charge in [-0.2, -0.15) is 0 Å². The first-order valence-corrected chi connectivity index (χ1v) is 9.77. The Morgan fingerprint density at radius 2 is 2.00 bits per heavy atom. The van der Waals surface area contributed by atoms with Gasteiger partial charge < -0.3 is 15.0 Å². The number of hydrogen-bond donors (Lipinski definition) is 1. The largest absolute Gasteiger partial charge is 0.381 e. The van der Waals surface area contributed by atoms with E-state index >= 15 is 0 Å². The average molecular weight is 344 g/mol. The minimum atomic E-state index is -0.425. The fourth-order valence-corrected chi connectivity index (χ4v) is 4.26. The Balaban J connectivity index is 1.65. The second-order valence-electron chi connectivity index (χ2n) is 7.87. The van der Waals surface area contributed by atoms with Gasteiger partial charge in [-0.05, 0) is 57.6 Å². The Bertz CT molecular complexity index is 552. The van der Waals surface area contributed by atoms with Crippen LogP contribution in [0.1, 0.15) is 45.1 Å². The van der Waals surface area contributed by atoms with Crippen LogP contribution in [-0.2, 0) is 14.9 Å². The predicted molar refractivity (Wildman–Crippen MR) is 101 cm³/mol. The van der Waals surface area contributed by atoms with Crippen molar-refractivity contribution in [1.82, 2.24) is 10.2 Å². The third-order valence-electron chi connectivity index (χ3n) is 5.94. The van der Waals surface area contributed by atoms with Gasteiger partial charge in [-0.1, -0.05) is 30.3 Å². The summed E-state index contributed by atoms with van der Waals surface area (Å²) in [7, 11) is 0. The van der Waals surface area contributed by atoms with Crippen molar-refractivity contribution < 1.29 is 9.53 Å². The van der Waals surface area contributed by atoms with Crippen LogP contribution in [0.25, 0.3) is 0 Å². The van der Waals surface area contributed by atoms with E-state index in [2.05, 4.69) is 36.2 Å². The lowest BCUT2D eigenvalue weighted by atomic mass is 9.73. The summed E-state index contributed by atoms with van der Waals surface area (Å²) in [6.45, 7) is 8.91. The molecule has 0 saturated carbocycles. The highest BCUT2D eigenvalue weighted by Crippen LogP contribution is 2.35. The molecule has 1 atom stereocenters. The van der Waals surface area contributed by atoms with Gasteiger partial charge >= 0.3 is 0 Å². The smallest absolute Gasteiger partial charge is 0.230 e. The number of carbonyl (C=O) groups excluding carboxylic acids is 1. The van der Waals surface area contributed by atoms with Crippen LogP contribution < -0.4 is 5.32 Å². The average Bonchev–Trinajstić information content (AvgIpc) is 2.67. The molecule has 1 unspecified atom stereocenters. The number of rotatable bonds is 5. The maximum absolute atomic E-state index is 13.2. The predicted octanol–water partition coefficient (Wildman–Crippen LogP) is 2.97. The maximum Gasteiger partial charge on any atom is 0.230 e. The Hall–Kier alpha value is -1.39. The molecular weight excluding hydrogens is 312 g/mol. The van der Waals surface area contributed by atoms with Crippen LogP contribution in [0.2, 0.25) is 0 Å². The van der Waals surface area contributed by atoms with Crippen LogP contribution in [0.3, 0.4) is 0 Å². The van der Waals surface area contributed by atoms with Gasteiger partial charge in [0, 0.05) is 32.3 Å². The number of ether oxygens (including phenoxy) is 1. The van der Waals surface area contributed by atoms with Gasteiger partial charge in [-0.25, -0.2) is 0 Å². The van der Waals surface area contributed by atoms with Crippen LogP contribution in [0.5, 0.6) is 0 Å². The molecular formula is C21H32N2O2. The summed E-state index contributed by atoms with van der Waals surface area (Å²) in [4.78, 5) is 15.7. The highest BCUT2D eigenvalue weighted by molar-refractivity contribution is 5.88. The van der Waals surface area contributed by atoms with E-state index in [1.54, 1.807) is 0 Å². The van der Waals surface area contributed by atoms with E-state index in [-0.39, 0.29) is 5.91 Å². The van der Waals surface area contributed by atoms with Gasteiger partial charge in [0.05, 0.1) is 5.41 Å². The van der Waals surface area contributed by atoms with Crippen molar-refractivity contribution in [3.8, 4) is 0 Å². The van der Waals surface area contributed by atoms with E-state index in [0.29, 0.717) is 25.2 Å². The van der Waals surface area contributed by atoms with Crippen molar-refractivity contribution >= 4 is 5.91 Å². The molecule has 2 aliphatic rings. The van der Waals surface area contributed by atoms with Gasteiger partial charge in [-0.3, -0.25) is 4.79 Å². The zero-order chi connectivity index (χ0) is 17.7. The van der Waals surface area contributed by atoms with Gasteiger partial charge in [0.25, 0.3) is 0 Å². The first-order chi connectivity index (χ1) is 12.1. The van der Waals surface area contributed by atoms with Gasteiger partial charge in [0.15, 0.2) is 0 Å². The number of hydrogen-bond acceptors (Lipinski definition) is 3. The third kappa shape index (κ3) is 4.24. The summed E-state index contributed by atoms with van der Waals surface area (Å²) < 4.78 is 5.54. The molecule has 1 aromatic carbocycles. The molecule has 138 valence electrons. The fraction of sp³-hybridized carbons (Fsp3) is 0.667.